The van der Waals surface area contributed by atoms with E-state index in [1.165, 1.54) is 0 Å². The zero-order valence-corrected chi connectivity index (χ0v) is 18.6. The Kier molecular flexibility index (Phi) is 5.36. The molecule has 0 atom stereocenters. The molecule has 2 aliphatic heterocycles. The molecule has 0 fully saturated rings. The molecule has 8 bridgehead atoms. The lowest BCUT2D eigenvalue weighted by Gasteiger charge is -2.04. The molecule has 34 heavy (non-hydrogen) atoms. The Morgan fingerprint density at radius 1 is 0.647 bits per heavy atom. The van der Waals surface area contributed by atoms with E-state index in [9.17, 15) is 9.90 Å². The molecule has 3 aromatic heterocycles. The number of H-pyrrole nitrogens is 2. The molecule has 0 spiro atoms. The van der Waals surface area contributed by atoms with Gasteiger partial charge in [-0.05, 0) is 78.4 Å². The number of hydrogen-bond acceptors (Lipinski definition) is 3. The number of fused-ring (bicyclic) bond motifs is 8. The fourth-order valence-corrected chi connectivity index (χ4v) is 4.15. The maximum Gasteiger partial charge on any atom is 0.336 e. The van der Waals surface area contributed by atoms with Crippen LogP contribution >= 0.6 is 12.4 Å². The Balaban J connectivity index is 0.00000241. The van der Waals surface area contributed by atoms with Crippen molar-refractivity contribution in [1.82, 2.24) is 19.9 Å². The van der Waals surface area contributed by atoms with Crippen LogP contribution in [0.5, 0.6) is 0 Å². The number of nitrogens with one attached hydrogen (secondary N) is 2. The topological polar surface area (TPSA) is 94.7 Å². The number of benzene rings is 1. The molecule has 0 saturated carbocycles. The highest BCUT2D eigenvalue weighted by Gasteiger charge is 2.14. The fraction of sp³-hybridized carbons (Fsp3) is 0. The van der Waals surface area contributed by atoms with E-state index in [4.69, 9.17) is 4.98 Å². The first-order valence-electron chi connectivity index (χ1n) is 10.5. The maximum atomic E-state index is 11.9. The Morgan fingerprint density at radius 2 is 1.21 bits per heavy atom. The van der Waals surface area contributed by atoms with E-state index in [1.54, 1.807) is 12.1 Å². The maximum absolute atomic E-state index is 11.9. The second-order valence-electron chi connectivity index (χ2n) is 7.94. The Morgan fingerprint density at radius 3 is 1.82 bits per heavy atom. The number of aromatic carboxylic acids is 1. The number of aromatic amines is 2. The van der Waals surface area contributed by atoms with E-state index in [0.29, 0.717) is 5.56 Å². The second-order valence-corrected chi connectivity index (χ2v) is 7.94. The number of carboxylic acid groups (broad SMARTS) is 1. The molecule has 0 radical (unpaired) electrons. The van der Waals surface area contributed by atoms with Gasteiger partial charge in [0.2, 0.25) is 0 Å². The van der Waals surface area contributed by atoms with Gasteiger partial charge in [-0.3, -0.25) is 0 Å². The molecule has 2 aliphatic rings. The highest BCUT2D eigenvalue weighted by Crippen LogP contribution is 2.30. The van der Waals surface area contributed by atoms with Crippen LogP contribution in [0.15, 0.2) is 66.7 Å². The van der Waals surface area contributed by atoms with Gasteiger partial charge in [-0.15, -0.1) is 12.4 Å². The highest BCUT2D eigenvalue weighted by molar-refractivity contribution is 6.00. The summed E-state index contributed by atoms with van der Waals surface area (Å²) in [4.78, 5) is 28.1. The van der Waals surface area contributed by atoms with Crippen molar-refractivity contribution < 1.29 is 9.90 Å². The Bertz CT molecular complexity index is 1660. The fourth-order valence-electron chi connectivity index (χ4n) is 4.15. The number of aromatic nitrogens is 4. The summed E-state index contributed by atoms with van der Waals surface area (Å²) >= 11 is 0. The Labute approximate surface area is 200 Å². The summed E-state index contributed by atoms with van der Waals surface area (Å²) in [5, 5.41) is 9.73. The average molecular weight is 467 g/mol. The van der Waals surface area contributed by atoms with Crippen molar-refractivity contribution in [3.05, 3.63) is 95.1 Å². The van der Waals surface area contributed by atoms with Crippen LogP contribution in [0.3, 0.4) is 0 Å². The van der Waals surface area contributed by atoms with Crippen molar-refractivity contribution in [3.8, 4) is 11.1 Å². The van der Waals surface area contributed by atoms with Crippen molar-refractivity contribution >= 4 is 64.7 Å². The summed E-state index contributed by atoms with van der Waals surface area (Å²) < 4.78 is 0. The van der Waals surface area contributed by atoms with Crippen LogP contribution in [-0.2, 0) is 0 Å². The van der Waals surface area contributed by atoms with Crippen molar-refractivity contribution in [2.45, 2.75) is 0 Å². The molecule has 6 rings (SSSR count). The largest absolute Gasteiger partial charge is 0.478 e. The molecule has 0 saturated heterocycles. The number of carbonyl (C=O) groups is 1. The Hall–Kier alpha value is -4.42. The number of carboxylic acids is 1. The zero-order chi connectivity index (χ0) is 22.4. The molecule has 4 aromatic rings. The predicted molar refractivity (Wildman–Crippen MR) is 139 cm³/mol. The van der Waals surface area contributed by atoms with E-state index in [1.807, 2.05) is 78.9 Å². The second kappa shape index (κ2) is 8.50. The lowest BCUT2D eigenvalue weighted by Crippen LogP contribution is -1.98. The quantitative estimate of drug-likeness (QED) is 0.273. The molecule has 5 heterocycles. The van der Waals surface area contributed by atoms with E-state index >= 15 is 0 Å². The number of rotatable bonds is 2. The number of halogens is 1. The molecule has 0 unspecified atom stereocenters. The van der Waals surface area contributed by atoms with Gasteiger partial charge in [0, 0.05) is 27.6 Å². The minimum atomic E-state index is -0.965. The summed E-state index contributed by atoms with van der Waals surface area (Å²) in [7, 11) is 0. The van der Waals surface area contributed by atoms with Crippen molar-refractivity contribution in [2.24, 2.45) is 0 Å². The van der Waals surface area contributed by atoms with Crippen LogP contribution in [-0.4, -0.2) is 31.0 Å². The van der Waals surface area contributed by atoms with Gasteiger partial charge in [-0.25, -0.2) is 14.8 Å². The molecular weight excluding hydrogens is 448 g/mol. The van der Waals surface area contributed by atoms with Crippen LogP contribution in [0.1, 0.15) is 33.1 Å². The third-order valence-corrected chi connectivity index (χ3v) is 5.62. The predicted octanol–water partition coefficient (Wildman–Crippen LogP) is 6.44. The van der Waals surface area contributed by atoms with Gasteiger partial charge >= 0.3 is 5.97 Å². The first-order valence-corrected chi connectivity index (χ1v) is 10.5. The zero-order valence-electron chi connectivity index (χ0n) is 17.8. The van der Waals surface area contributed by atoms with E-state index in [-0.39, 0.29) is 18.0 Å². The first kappa shape index (κ1) is 21.4. The third-order valence-electron chi connectivity index (χ3n) is 5.62. The lowest BCUT2D eigenvalue weighted by molar-refractivity contribution is 0.0697. The monoisotopic (exact) mass is 466 g/mol. The van der Waals surface area contributed by atoms with E-state index < -0.39 is 5.97 Å². The van der Waals surface area contributed by atoms with Gasteiger partial charge in [-0.2, -0.15) is 0 Å². The lowest BCUT2D eigenvalue weighted by atomic mass is 10.0. The summed E-state index contributed by atoms with van der Waals surface area (Å²) in [6.07, 6.45) is 7.83. The summed E-state index contributed by atoms with van der Waals surface area (Å²) in [5.41, 5.74) is 8.50. The van der Waals surface area contributed by atoms with Crippen LogP contribution in [0.25, 0.3) is 57.5 Å². The molecule has 0 amide bonds. The third kappa shape index (κ3) is 4.02. The van der Waals surface area contributed by atoms with E-state index in [2.05, 4.69) is 15.0 Å². The van der Waals surface area contributed by atoms with Gasteiger partial charge in [0.05, 0.1) is 28.3 Å². The summed E-state index contributed by atoms with van der Waals surface area (Å²) in [5.74, 6) is -0.965. The van der Waals surface area contributed by atoms with Gasteiger partial charge in [0.1, 0.15) is 0 Å². The molecular formula is C27H19ClN4O2. The van der Waals surface area contributed by atoms with Crippen LogP contribution in [0, 0.1) is 0 Å². The number of nitrogens with zero attached hydrogens (tertiary/aromatic N) is 2. The molecule has 166 valence electrons. The SMILES string of the molecule is Cl.O=C(O)c1ccccc1-c1cc2cc3nc(cc4ccc(cc5nc(cc1[nH]2)C=C5)[nH]4)C=C3. The molecule has 6 nitrogen and oxygen atoms in total. The normalized spacial score (nSPS) is 11.9. The average Bonchev–Trinajstić information content (AvgIpc) is 3.59. The molecule has 3 N–H and O–H groups in total. The first-order chi connectivity index (χ1) is 16.1. The minimum Gasteiger partial charge on any atom is -0.478 e. The summed E-state index contributed by atoms with van der Waals surface area (Å²) in [6, 6.07) is 20.9. The van der Waals surface area contributed by atoms with Crippen molar-refractivity contribution in [2.75, 3.05) is 0 Å². The molecule has 7 heteroatoms. The van der Waals surface area contributed by atoms with E-state index in [0.717, 1.165) is 50.4 Å². The van der Waals surface area contributed by atoms with Gasteiger partial charge in [0.25, 0.3) is 0 Å². The van der Waals surface area contributed by atoms with Crippen molar-refractivity contribution in [1.29, 1.82) is 0 Å². The molecule has 0 aliphatic carbocycles. The molecule has 1 aromatic carbocycles. The van der Waals surface area contributed by atoms with Crippen LogP contribution < -0.4 is 0 Å². The van der Waals surface area contributed by atoms with Gasteiger partial charge in [0.15, 0.2) is 0 Å². The smallest absolute Gasteiger partial charge is 0.336 e. The van der Waals surface area contributed by atoms with Gasteiger partial charge < -0.3 is 15.1 Å². The highest BCUT2D eigenvalue weighted by atomic mass is 35.5. The van der Waals surface area contributed by atoms with Gasteiger partial charge in [-0.1, -0.05) is 18.2 Å². The minimum absolute atomic E-state index is 0. The number of hydrogen-bond donors (Lipinski definition) is 3. The summed E-state index contributed by atoms with van der Waals surface area (Å²) in [6.45, 7) is 0. The van der Waals surface area contributed by atoms with Crippen LogP contribution in [0.2, 0.25) is 0 Å². The van der Waals surface area contributed by atoms with Crippen molar-refractivity contribution in [3.63, 3.8) is 0 Å². The standard InChI is InChI=1S/C27H18N4O2.ClH/c32-27(33)24-4-2-1-3-23(24)25-14-22-13-20-8-7-18(29-20)11-16-5-6-17(28-16)12-19-9-10-21(30-19)15-26(25)31-22;/h1-15,28,31H,(H,32,33);1H. The van der Waals surface area contributed by atoms with Crippen LogP contribution in [0.4, 0.5) is 0 Å².